The highest BCUT2D eigenvalue weighted by Crippen LogP contribution is 2.23. The number of hydrogen-bond donors (Lipinski definition) is 1. The number of carbonyl (C=O) groups excluding carboxylic acids is 1. The predicted molar refractivity (Wildman–Crippen MR) is 102 cm³/mol. The van der Waals surface area contributed by atoms with E-state index in [-0.39, 0.29) is 5.91 Å². The van der Waals surface area contributed by atoms with E-state index < -0.39 is 0 Å². The number of benzene rings is 2. The third-order valence-electron chi connectivity index (χ3n) is 4.13. The van der Waals surface area contributed by atoms with Gasteiger partial charge in [-0.05, 0) is 49.1 Å². The van der Waals surface area contributed by atoms with E-state index >= 15 is 0 Å². The molecule has 0 aliphatic heterocycles. The topological polar surface area (TPSA) is 56.8 Å². The zero-order valence-electron chi connectivity index (χ0n) is 15.9. The average molecular weight is 357 g/mol. The lowest BCUT2D eigenvalue weighted by Gasteiger charge is -2.12. The first-order valence-electron chi connectivity index (χ1n) is 8.71. The van der Waals surface area contributed by atoms with E-state index in [0.717, 1.165) is 33.9 Å². The molecule has 0 fully saturated rings. The number of carbonyl (C=O) groups is 1. The van der Waals surface area contributed by atoms with Gasteiger partial charge >= 0.3 is 0 Å². The lowest BCUT2D eigenvalue weighted by Crippen LogP contribution is -2.28. The Balaban J connectivity index is 1.76. The molecule has 2 aromatic rings. The van der Waals surface area contributed by atoms with Crippen molar-refractivity contribution >= 4 is 5.91 Å². The zero-order chi connectivity index (χ0) is 18.9. The Bertz CT molecular complexity index is 700. The first kappa shape index (κ1) is 19.6. The minimum Gasteiger partial charge on any atom is -0.497 e. The molecule has 0 saturated carbocycles. The zero-order valence-corrected chi connectivity index (χ0v) is 15.9. The number of ether oxygens (including phenoxy) is 3. The molecule has 2 aromatic carbocycles. The predicted octanol–water partition coefficient (Wildman–Crippen LogP) is 3.45. The van der Waals surface area contributed by atoms with Crippen LogP contribution in [0.3, 0.4) is 0 Å². The summed E-state index contributed by atoms with van der Waals surface area (Å²) in [6, 6.07) is 11.7. The lowest BCUT2D eigenvalue weighted by molar-refractivity contribution is -0.121. The molecule has 0 saturated heterocycles. The summed E-state index contributed by atoms with van der Waals surface area (Å²) in [5, 5.41) is 2.89. The molecule has 26 heavy (non-hydrogen) atoms. The van der Waals surface area contributed by atoms with Crippen LogP contribution in [0.5, 0.6) is 17.2 Å². The quantitative estimate of drug-likeness (QED) is 0.699. The molecule has 0 aromatic heterocycles. The van der Waals surface area contributed by atoms with E-state index in [1.54, 1.807) is 14.2 Å². The van der Waals surface area contributed by atoms with Gasteiger partial charge < -0.3 is 19.5 Å². The maximum atomic E-state index is 12.0. The molecule has 0 heterocycles. The Hall–Kier alpha value is -2.69. The molecule has 0 radical (unpaired) electrons. The van der Waals surface area contributed by atoms with E-state index in [0.29, 0.717) is 26.0 Å². The van der Waals surface area contributed by atoms with Crippen molar-refractivity contribution in [3.8, 4) is 17.2 Å². The number of methoxy groups -OCH3 is 2. The van der Waals surface area contributed by atoms with Gasteiger partial charge in [-0.25, -0.2) is 0 Å². The van der Waals surface area contributed by atoms with Crippen molar-refractivity contribution in [2.75, 3.05) is 27.4 Å². The van der Waals surface area contributed by atoms with Gasteiger partial charge in [0, 0.05) is 12.5 Å². The average Bonchev–Trinajstić information content (AvgIpc) is 2.65. The van der Waals surface area contributed by atoms with Crippen molar-refractivity contribution < 1.29 is 19.0 Å². The molecule has 2 rings (SSSR count). The second-order valence-electron chi connectivity index (χ2n) is 6.14. The van der Waals surface area contributed by atoms with Gasteiger partial charge in [0.1, 0.15) is 23.9 Å². The number of nitrogens with one attached hydrogen (secondary N) is 1. The van der Waals surface area contributed by atoms with E-state index in [2.05, 4.69) is 5.32 Å². The monoisotopic (exact) mass is 357 g/mol. The number of para-hydroxylation sites is 1. The van der Waals surface area contributed by atoms with Crippen molar-refractivity contribution in [2.45, 2.75) is 26.7 Å². The third-order valence-corrected chi connectivity index (χ3v) is 4.13. The standard InChI is InChI=1S/C21H27NO4/c1-15-6-5-7-16(2)21(15)26-11-10-22-20(23)9-8-17-12-18(24-3)14-19(13-17)25-4/h5-7,12-14H,8-11H2,1-4H3,(H,22,23). The SMILES string of the molecule is COc1cc(CCC(=O)NCCOc2c(C)cccc2C)cc(OC)c1. The molecule has 140 valence electrons. The van der Waals surface area contributed by atoms with E-state index in [1.165, 1.54) is 0 Å². The van der Waals surface area contributed by atoms with Gasteiger partial charge in [-0.15, -0.1) is 0 Å². The summed E-state index contributed by atoms with van der Waals surface area (Å²) >= 11 is 0. The van der Waals surface area contributed by atoms with Crippen LogP contribution < -0.4 is 19.5 Å². The van der Waals surface area contributed by atoms with Crippen molar-refractivity contribution in [1.29, 1.82) is 0 Å². The highest BCUT2D eigenvalue weighted by molar-refractivity contribution is 5.76. The summed E-state index contributed by atoms with van der Waals surface area (Å²) in [6.07, 6.45) is 1.02. The highest BCUT2D eigenvalue weighted by Gasteiger charge is 2.07. The van der Waals surface area contributed by atoms with Crippen LogP contribution in [0.2, 0.25) is 0 Å². The van der Waals surface area contributed by atoms with Crippen molar-refractivity contribution in [3.05, 3.63) is 53.1 Å². The molecule has 0 aliphatic rings. The molecule has 0 unspecified atom stereocenters. The molecular formula is C21H27NO4. The molecule has 1 N–H and O–H groups in total. The van der Waals surface area contributed by atoms with Gasteiger partial charge in [-0.1, -0.05) is 18.2 Å². The van der Waals surface area contributed by atoms with Gasteiger partial charge in [-0.3, -0.25) is 4.79 Å². The van der Waals surface area contributed by atoms with Crippen molar-refractivity contribution in [1.82, 2.24) is 5.32 Å². The Morgan fingerprint density at radius 1 is 1.00 bits per heavy atom. The summed E-state index contributed by atoms with van der Waals surface area (Å²) < 4.78 is 16.3. The smallest absolute Gasteiger partial charge is 0.220 e. The fourth-order valence-electron chi connectivity index (χ4n) is 2.73. The van der Waals surface area contributed by atoms with Crippen molar-refractivity contribution in [3.63, 3.8) is 0 Å². The molecule has 0 aliphatic carbocycles. The molecule has 5 nitrogen and oxygen atoms in total. The van der Waals surface area contributed by atoms with Gasteiger partial charge in [0.15, 0.2) is 0 Å². The first-order valence-corrected chi connectivity index (χ1v) is 8.71. The van der Waals surface area contributed by atoms with Crippen LogP contribution in [-0.4, -0.2) is 33.3 Å². The first-order chi connectivity index (χ1) is 12.5. The van der Waals surface area contributed by atoms with Crippen LogP contribution in [0.4, 0.5) is 0 Å². The second-order valence-corrected chi connectivity index (χ2v) is 6.14. The lowest BCUT2D eigenvalue weighted by atomic mass is 10.1. The van der Waals surface area contributed by atoms with Crippen LogP contribution in [0.25, 0.3) is 0 Å². The Morgan fingerprint density at radius 2 is 1.62 bits per heavy atom. The fraction of sp³-hybridized carbons (Fsp3) is 0.381. The summed E-state index contributed by atoms with van der Waals surface area (Å²) in [7, 11) is 3.23. The van der Waals surface area contributed by atoms with Crippen LogP contribution in [0.15, 0.2) is 36.4 Å². The highest BCUT2D eigenvalue weighted by atomic mass is 16.5. The van der Waals surface area contributed by atoms with Gasteiger partial charge in [-0.2, -0.15) is 0 Å². The summed E-state index contributed by atoms with van der Waals surface area (Å²) in [6.45, 7) is 4.96. The molecule has 0 bridgehead atoms. The van der Waals surface area contributed by atoms with Crippen LogP contribution in [-0.2, 0) is 11.2 Å². The van der Waals surface area contributed by atoms with Crippen LogP contribution in [0.1, 0.15) is 23.1 Å². The third kappa shape index (κ3) is 5.69. The minimum atomic E-state index is -0.00288. The summed E-state index contributed by atoms with van der Waals surface area (Å²) in [5.41, 5.74) is 3.20. The Labute approximate surface area is 155 Å². The van der Waals surface area contributed by atoms with Gasteiger partial charge in [0.25, 0.3) is 0 Å². The molecular weight excluding hydrogens is 330 g/mol. The summed E-state index contributed by atoms with van der Waals surface area (Å²) in [4.78, 5) is 12.0. The summed E-state index contributed by atoms with van der Waals surface area (Å²) in [5.74, 6) is 2.34. The van der Waals surface area contributed by atoms with Crippen LogP contribution in [0, 0.1) is 13.8 Å². The number of rotatable bonds is 9. The largest absolute Gasteiger partial charge is 0.497 e. The molecule has 0 atom stereocenters. The maximum absolute atomic E-state index is 12.0. The minimum absolute atomic E-state index is 0.00288. The second kappa shape index (κ2) is 9.70. The number of aryl methyl sites for hydroxylation is 3. The van der Waals surface area contributed by atoms with Gasteiger partial charge in [0.2, 0.25) is 5.91 Å². The van der Waals surface area contributed by atoms with E-state index in [9.17, 15) is 4.79 Å². The maximum Gasteiger partial charge on any atom is 0.220 e. The van der Waals surface area contributed by atoms with Crippen LogP contribution >= 0.6 is 0 Å². The molecule has 5 heteroatoms. The Kier molecular flexibility index (Phi) is 7.33. The Morgan fingerprint density at radius 3 is 2.19 bits per heavy atom. The molecule has 0 spiro atoms. The van der Waals surface area contributed by atoms with Crippen molar-refractivity contribution in [2.24, 2.45) is 0 Å². The van der Waals surface area contributed by atoms with E-state index in [1.807, 2.05) is 50.2 Å². The van der Waals surface area contributed by atoms with E-state index in [4.69, 9.17) is 14.2 Å². The fourth-order valence-corrected chi connectivity index (χ4v) is 2.73. The molecule has 1 amide bonds. The normalized spacial score (nSPS) is 10.3. The number of hydrogen-bond acceptors (Lipinski definition) is 4. The number of amides is 1. The van der Waals surface area contributed by atoms with Gasteiger partial charge in [0.05, 0.1) is 20.8 Å².